The maximum atomic E-state index is 11.5. The Bertz CT molecular complexity index is 489. The summed E-state index contributed by atoms with van der Waals surface area (Å²) in [5, 5.41) is 12.9. The number of aryl methyl sites for hydroxylation is 1. The van der Waals surface area contributed by atoms with Gasteiger partial charge in [0.05, 0.1) is 11.8 Å². The molecule has 17 heavy (non-hydrogen) atoms. The molecular formula is C11H14N2O4. The highest BCUT2D eigenvalue weighted by atomic mass is 16.5. The van der Waals surface area contributed by atoms with E-state index < -0.39 is 11.5 Å². The smallest absolute Gasteiger partial charge is 0.341 e. The molecule has 0 radical (unpaired) electrons. The molecule has 2 heterocycles. The standard InChI is InChI=1S/C11H14N2O4/c1-13-10(14)9(11(15)16)6-7(12-13)5-8-3-2-4-17-8/h6,8H,2-5H2,1H3,(H,15,16). The SMILES string of the molecule is Cn1nc(CC2CCCO2)cc(C(=O)O)c1=O. The molecule has 0 bridgehead atoms. The molecule has 1 aliphatic heterocycles. The fourth-order valence-corrected chi connectivity index (χ4v) is 1.96. The molecule has 0 aromatic carbocycles. The van der Waals surface area contributed by atoms with Crippen molar-refractivity contribution in [3.05, 3.63) is 27.7 Å². The molecule has 0 amide bonds. The number of aromatic nitrogens is 2. The van der Waals surface area contributed by atoms with E-state index in [0.717, 1.165) is 24.1 Å². The topological polar surface area (TPSA) is 81.4 Å². The summed E-state index contributed by atoms with van der Waals surface area (Å²) < 4.78 is 6.52. The fourth-order valence-electron chi connectivity index (χ4n) is 1.96. The number of ether oxygens (including phenoxy) is 1. The van der Waals surface area contributed by atoms with Crippen molar-refractivity contribution in [2.45, 2.75) is 25.4 Å². The van der Waals surface area contributed by atoms with Gasteiger partial charge in [-0.05, 0) is 18.9 Å². The molecule has 0 saturated carbocycles. The number of carbonyl (C=O) groups is 1. The second-order valence-corrected chi connectivity index (χ2v) is 4.12. The summed E-state index contributed by atoms with van der Waals surface area (Å²) in [6, 6.07) is 1.34. The minimum absolute atomic E-state index is 0.0849. The third-order valence-electron chi connectivity index (χ3n) is 2.80. The summed E-state index contributed by atoms with van der Waals surface area (Å²) in [5.74, 6) is -1.22. The number of rotatable bonds is 3. The Balaban J connectivity index is 2.28. The predicted octanol–water partition coefficient (Wildman–Crippen LogP) is 0.200. The molecule has 1 aliphatic rings. The Morgan fingerprint density at radius 2 is 2.47 bits per heavy atom. The van der Waals surface area contributed by atoms with Crippen molar-refractivity contribution in [1.29, 1.82) is 0 Å². The average Bonchev–Trinajstić information content (AvgIpc) is 2.75. The van der Waals surface area contributed by atoms with E-state index in [1.807, 2.05) is 0 Å². The molecule has 6 heteroatoms. The van der Waals surface area contributed by atoms with Crippen LogP contribution in [-0.2, 0) is 18.2 Å². The van der Waals surface area contributed by atoms with E-state index in [0.29, 0.717) is 12.1 Å². The van der Waals surface area contributed by atoms with Crippen molar-refractivity contribution in [2.24, 2.45) is 7.05 Å². The first-order valence-corrected chi connectivity index (χ1v) is 5.50. The summed E-state index contributed by atoms with van der Waals surface area (Å²) >= 11 is 0. The average molecular weight is 238 g/mol. The van der Waals surface area contributed by atoms with Crippen molar-refractivity contribution in [1.82, 2.24) is 9.78 Å². The third kappa shape index (κ3) is 2.52. The van der Waals surface area contributed by atoms with Crippen LogP contribution >= 0.6 is 0 Å². The van der Waals surface area contributed by atoms with Crippen LogP contribution in [0.15, 0.2) is 10.9 Å². The van der Waals surface area contributed by atoms with Gasteiger partial charge < -0.3 is 9.84 Å². The van der Waals surface area contributed by atoms with Crippen LogP contribution in [-0.4, -0.2) is 33.6 Å². The van der Waals surface area contributed by atoms with Gasteiger partial charge in [0.15, 0.2) is 0 Å². The van der Waals surface area contributed by atoms with Crippen LogP contribution in [0.2, 0.25) is 0 Å². The Hall–Kier alpha value is -1.69. The zero-order valence-corrected chi connectivity index (χ0v) is 9.55. The first-order chi connectivity index (χ1) is 8.08. The number of nitrogens with zero attached hydrogens (tertiary/aromatic N) is 2. The molecule has 6 nitrogen and oxygen atoms in total. The minimum atomic E-state index is -1.22. The molecule has 2 rings (SSSR count). The number of aromatic carboxylic acids is 1. The van der Waals surface area contributed by atoms with Gasteiger partial charge in [-0.3, -0.25) is 4.79 Å². The van der Waals surface area contributed by atoms with Crippen molar-refractivity contribution < 1.29 is 14.6 Å². The maximum Gasteiger partial charge on any atom is 0.341 e. The highest BCUT2D eigenvalue weighted by Gasteiger charge is 2.19. The first kappa shape index (κ1) is 11.8. The van der Waals surface area contributed by atoms with Crippen LogP contribution in [0.3, 0.4) is 0 Å². The molecule has 1 saturated heterocycles. The van der Waals surface area contributed by atoms with Crippen molar-refractivity contribution in [3.8, 4) is 0 Å². The Labute approximate surface area is 97.8 Å². The number of hydrogen-bond donors (Lipinski definition) is 1. The van der Waals surface area contributed by atoms with Gasteiger partial charge in [-0.25, -0.2) is 9.48 Å². The second-order valence-electron chi connectivity index (χ2n) is 4.12. The molecule has 1 fully saturated rings. The van der Waals surface area contributed by atoms with E-state index in [2.05, 4.69) is 5.10 Å². The van der Waals surface area contributed by atoms with Gasteiger partial charge in [0, 0.05) is 20.1 Å². The van der Waals surface area contributed by atoms with Crippen LogP contribution < -0.4 is 5.56 Å². The summed E-state index contributed by atoms with van der Waals surface area (Å²) in [4.78, 5) is 22.4. The zero-order chi connectivity index (χ0) is 12.4. The Morgan fingerprint density at radius 3 is 3.06 bits per heavy atom. The molecule has 0 aliphatic carbocycles. The Morgan fingerprint density at radius 1 is 1.71 bits per heavy atom. The van der Waals surface area contributed by atoms with Crippen LogP contribution in [0.5, 0.6) is 0 Å². The first-order valence-electron chi connectivity index (χ1n) is 5.50. The van der Waals surface area contributed by atoms with Gasteiger partial charge in [0.25, 0.3) is 5.56 Å². The van der Waals surface area contributed by atoms with Gasteiger partial charge >= 0.3 is 5.97 Å². The van der Waals surface area contributed by atoms with Gasteiger partial charge in [0.2, 0.25) is 0 Å². The summed E-state index contributed by atoms with van der Waals surface area (Å²) in [6.07, 6.45) is 2.60. The molecule has 92 valence electrons. The molecule has 1 N–H and O–H groups in total. The largest absolute Gasteiger partial charge is 0.477 e. The monoisotopic (exact) mass is 238 g/mol. The van der Waals surface area contributed by atoms with Crippen molar-refractivity contribution in [3.63, 3.8) is 0 Å². The molecule has 1 aromatic rings. The van der Waals surface area contributed by atoms with Gasteiger partial charge in [-0.2, -0.15) is 5.10 Å². The highest BCUT2D eigenvalue weighted by Crippen LogP contribution is 2.15. The van der Waals surface area contributed by atoms with E-state index in [1.54, 1.807) is 0 Å². The lowest BCUT2D eigenvalue weighted by Gasteiger charge is -2.09. The van der Waals surface area contributed by atoms with Gasteiger partial charge in [0.1, 0.15) is 5.56 Å². The molecule has 0 spiro atoms. The quantitative estimate of drug-likeness (QED) is 0.813. The summed E-state index contributed by atoms with van der Waals surface area (Å²) in [6.45, 7) is 0.738. The van der Waals surface area contributed by atoms with Crippen LogP contribution in [0, 0.1) is 0 Å². The van der Waals surface area contributed by atoms with Crippen molar-refractivity contribution >= 4 is 5.97 Å². The lowest BCUT2D eigenvalue weighted by molar-refractivity contribution is 0.0693. The number of carboxylic acid groups (broad SMARTS) is 1. The van der Waals surface area contributed by atoms with E-state index in [9.17, 15) is 9.59 Å². The highest BCUT2D eigenvalue weighted by molar-refractivity contribution is 5.87. The van der Waals surface area contributed by atoms with Crippen LogP contribution in [0.4, 0.5) is 0 Å². The maximum absolute atomic E-state index is 11.5. The van der Waals surface area contributed by atoms with Crippen LogP contribution in [0.25, 0.3) is 0 Å². The summed E-state index contributed by atoms with van der Waals surface area (Å²) in [5.41, 5.74) is -0.250. The Kier molecular flexibility index (Phi) is 3.23. The van der Waals surface area contributed by atoms with Gasteiger partial charge in [-0.1, -0.05) is 0 Å². The minimum Gasteiger partial charge on any atom is -0.477 e. The van der Waals surface area contributed by atoms with E-state index in [1.165, 1.54) is 13.1 Å². The van der Waals surface area contributed by atoms with E-state index in [4.69, 9.17) is 9.84 Å². The van der Waals surface area contributed by atoms with E-state index >= 15 is 0 Å². The molecule has 1 unspecified atom stereocenters. The van der Waals surface area contributed by atoms with E-state index in [-0.39, 0.29) is 11.7 Å². The number of carboxylic acids is 1. The van der Waals surface area contributed by atoms with Gasteiger partial charge in [-0.15, -0.1) is 0 Å². The molecule has 1 atom stereocenters. The zero-order valence-electron chi connectivity index (χ0n) is 9.55. The van der Waals surface area contributed by atoms with Crippen LogP contribution in [0.1, 0.15) is 28.9 Å². The lowest BCUT2D eigenvalue weighted by atomic mass is 10.1. The fraction of sp³-hybridized carbons (Fsp3) is 0.545. The second kappa shape index (κ2) is 4.67. The molecular weight excluding hydrogens is 224 g/mol. The molecule has 1 aromatic heterocycles. The predicted molar refractivity (Wildman–Crippen MR) is 59.1 cm³/mol. The van der Waals surface area contributed by atoms with Crippen molar-refractivity contribution in [2.75, 3.05) is 6.61 Å². The summed E-state index contributed by atoms with van der Waals surface area (Å²) in [7, 11) is 1.45. The normalized spacial score (nSPS) is 19.5. The number of hydrogen-bond acceptors (Lipinski definition) is 4. The third-order valence-corrected chi connectivity index (χ3v) is 2.80. The lowest BCUT2D eigenvalue weighted by Crippen LogP contribution is -2.28.